The van der Waals surface area contributed by atoms with Crippen LogP contribution in [0.1, 0.15) is 64.9 Å². The summed E-state index contributed by atoms with van der Waals surface area (Å²) in [6, 6.07) is 12.1. The monoisotopic (exact) mass is 328 g/mol. The van der Waals surface area contributed by atoms with E-state index in [1.54, 1.807) is 0 Å². The minimum Gasteiger partial charge on any atom is -0.354 e. The first-order valence-electron chi connectivity index (χ1n) is 9.53. The van der Waals surface area contributed by atoms with Crippen LogP contribution in [0.3, 0.4) is 0 Å². The molecule has 2 aliphatic rings. The summed E-state index contributed by atoms with van der Waals surface area (Å²) in [4.78, 5) is 12.4. The Morgan fingerprint density at radius 3 is 2.46 bits per heavy atom. The zero-order valence-electron chi connectivity index (χ0n) is 15.3. The fraction of sp³-hybridized carbons (Fsp3) is 0.667. The van der Waals surface area contributed by atoms with Crippen LogP contribution in [0.5, 0.6) is 0 Å². The Hall–Kier alpha value is -1.35. The molecule has 2 heterocycles. The van der Waals surface area contributed by atoms with Crippen molar-refractivity contribution in [3.8, 4) is 0 Å². The molecule has 3 rings (SSSR count). The molecule has 132 valence electrons. The molecule has 2 aliphatic heterocycles. The van der Waals surface area contributed by atoms with Crippen LogP contribution in [0.25, 0.3) is 0 Å². The molecule has 1 amide bonds. The number of fused-ring (bicyclic) bond motifs is 2. The third-order valence-electron chi connectivity index (χ3n) is 5.82. The van der Waals surface area contributed by atoms with Gasteiger partial charge in [-0.2, -0.15) is 0 Å². The summed E-state index contributed by atoms with van der Waals surface area (Å²) >= 11 is 0. The van der Waals surface area contributed by atoms with Gasteiger partial charge in [-0.25, -0.2) is 0 Å². The summed E-state index contributed by atoms with van der Waals surface area (Å²) in [6.45, 7) is 6.65. The van der Waals surface area contributed by atoms with E-state index in [4.69, 9.17) is 0 Å². The van der Waals surface area contributed by atoms with Crippen LogP contribution in [0.2, 0.25) is 0 Å². The molecule has 0 spiro atoms. The molecule has 0 aromatic heterocycles. The minimum absolute atomic E-state index is 0.0713. The highest BCUT2D eigenvalue weighted by molar-refractivity contribution is 5.76. The van der Waals surface area contributed by atoms with Gasteiger partial charge in [-0.3, -0.25) is 4.79 Å². The highest BCUT2D eigenvalue weighted by Crippen LogP contribution is 2.33. The summed E-state index contributed by atoms with van der Waals surface area (Å²) in [5.41, 5.74) is 1.41. The van der Waals surface area contributed by atoms with E-state index in [2.05, 4.69) is 61.7 Å². The molecule has 2 N–H and O–H groups in total. The normalized spacial score (nSPS) is 27.7. The Balaban J connectivity index is 1.47. The highest BCUT2D eigenvalue weighted by Gasteiger charge is 2.34. The average Bonchev–Trinajstić information content (AvgIpc) is 2.86. The second kappa shape index (κ2) is 7.26. The van der Waals surface area contributed by atoms with Crippen molar-refractivity contribution in [3.63, 3.8) is 0 Å². The Morgan fingerprint density at radius 2 is 1.83 bits per heavy atom. The second-order valence-corrected chi connectivity index (χ2v) is 8.60. The van der Waals surface area contributed by atoms with Gasteiger partial charge in [0.15, 0.2) is 0 Å². The van der Waals surface area contributed by atoms with Crippen molar-refractivity contribution < 1.29 is 4.79 Å². The predicted molar refractivity (Wildman–Crippen MR) is 99.0 cm³/mol. The van der Waals surface area contributed by atoms with Crippen molar-refractivity contribution in [2.24, 2.45) is 5.92 Å². The van der Waals surface area contributed by atoms with Crippen molar-refractivity contribution in [3.05, 3.63) is 35.9 Å². The Bertz CT molecular complexity index is 542. The van der Waals surface area contributed by atoms with Gasteiger partial charge >= 0.3 is 0 Å². The molecule has 3 unspecified atom stereocenters. The molecule has 0 aliphatic carbocycles. The SMILES string of the molecule is CC(CC(C)(C)c1ccccc1)NC(=O)CC1CC2CCC(C1)N2. The summed E-state index contributed by atoms with van der Waals surface area (Å²) in [7, 11) is 0. The summed E-state index contributed by atoms with van der Waals surface area (Å²) in [5, 5.41) is 6.90. The Morgan fingerprint density at radius 1 is 1.21 bits per heavy atom. The number of carbonyl (C=O) groups excluding carboxylic acids is 1. The lowest BCUT2D eigenvalue weighted by Crippen LogP contribution is -2.41. The predicted octanol–water partition coefficient (Wildman–Crippen LogP) is 3.78. The second-order valence-electron chi connectivity index (χ2n) is 8.60. The largest absolute Gasteiger partial charge is 0.354 e. The fourth-order valence-corrected chi connectivity index (χ4v) is 4.76. The molecule has 24 heavy (non-hydrogen) atoms. The van der Waals surface area contributed by atoms with Gasteiger partial charge in [-0.15, -0.1) is 0 Å². The highest BCUT2D eigenvalue weighted by atomic mass is 16.1. The number of rotatable bonds is 6. The van der Waals surface area contributed by atoms with E-state index < -0.39 is 0 Å². The molecule has 0 radical (unpaired) electrons. The zero-order valence-corrected chi connectivity index (χ0v) is 15.3. The first-order chi connectivity index (χ1) is 11.4. The number of nitrogens with one attached hydrogen (secondary N) is 2. The molecule has 3 heteroatoms. The zero-order chi connectivity index (χ0) is 17.2. The van der Waals surface area contributed by atoms with E-state index in [1.165, 1.54) is 31.2 Å². The van der Waals surface area contributed by atoms with Crippen molar-refractivity contribution >= 4 is 5.91 Å². The number of benzene rings is 1. The van der Waals surface area contributed by atoms with Gasteiger partial charge in [-0.05, 0) is 55.9 Å². The van der Waals surface area contributed by atoms with Gasteiger partial charge in [0.25, 0.3) is 0 Å². The van der Waals surface area contributed by atoms with Gasteiger partial charge in [0, 0.05) is 24.5 Å². The molecule has 2 fully saturated rings. The average molecular weight is 329 g/mol. The standard InChI is InChI=1S/C21H32N2O/c1-15(14-21(2,3)17-7-5-4-6-8-17)22-20(24)13-16-11-18-9-10-19(12-16)23-18/h4-8,15-16,18-19,23H,9-14H2,1-3H3,(H,22,24). The maximum absolute atomic E-state index is 12.4. The van der Waals surface area contributed by atoms with Crippen LogP contribution in [0.4, 0.5) is 0 Å². The molecule has 1 aromatic carbocycles. The molecule has 2 bridgehead atoms. The molecular weight excluding hydrogens is 296 g/mol. The van der Waals surface area contributed by atoms with E-state index in [0.717, 1.165) is 6.42 Å². The lowest BCUT2D eigenvalue weighted by molar-refractivity contribution is -0.123. The van der Waals surface area contributed by atoms with Crippen LogP contribution in [0.15, 0.2) is 30.3 Å². The van der Waals surface area contributed by atoms with Crippen molar-refractivity contribution in [1.29, 1.82) is 0 Å². The topological polar surface area (TPSA) is 41.1 Å². The van der Waals surface area contributed by atoms with Crippen LogP contribution in [-0.4, -0.2) is 24.0 Å². The molecule has 1 aromatic rings. The van der Waals surface area contributed by atoms with E-state index in [1.807, 2.05) is 0 Å². The molecule has 2 saturated heterocycles. The number of hydrogen-bond donors (Lipinski definition) is 2. The van der Waals surface area contributed by atoms with E-state index in [0.29, 0.717) is 24.4 Å². The Kier molecular flexibility index (Phi) is 5.29. The van der Waals surface area contributed by atoms with E-state index >= 15 is 0 Å². The lowest BCUT2D eigenvalue weighted by Gasteiger charge is -2.31. The quantitative estimate of drug-likeness (QED) is 0.834. The Labute approximate surface area is 146 Å². The molecule has 3 nitrogen and oxygen atoms in total. The summed E-state index contributed by atoms with van der Waals surface area (Å²) in [6.07, 6.45) is 6.60. The number of amides is 1. The van der Waals surface area contributed by atoms with Crippen LogP contribution in [-0.2, 0) is 10.2 Å². The first-order valence-corrected chi connectivity index (χ1v) is 9.53. The van der Waals surface area contributed by atoms with Gasteiger partial charge in [0.1, 0.15) is 0 Å². The van der Waals surface area contributed by atoms with Crippen LogP contribution < -0.4 is 10.6 Å². The van der Waals surface area contributed by atoms with Crippen LogP contribution >= 0.6 is 0 Å². The van der Waals surface area contributed by atoms with Gasteiger partial charge in [-0.1, -0.05) is 44.2 Å². The van der Waals surface area contributed by atoms with E-state index in [-0.39, 0.29) is 17.4 Å². The summed E-state index contributed by atoms with van der Waals surface area (Å²) in [5.74, 6) is 0.802. The number of piperidine rings is 1. The molecule has 0 saturated carbocycles. The van der Waals surface area contributed by atoms with Gasteiger partial charge < -0.3 is 10.6 Å². The first kappa shape index (κ1) is 17.5. The third kappa shape index (κ3) is 4.38. The van der Waals surface area contributed by atoms with Crippen LogP contribution in [0, 0.1) is 5.92 Å². The maximum atomic E-state index is 12.4. The van der Waals surface area contributed by atoms with Crippen molar-refractivity contribution in [2.75, 3.05) is 0 Å². The van der Waals surface area contributed by atoms with Gasteiger partial charge in [0.05, 0.1) is 0 Å². The molecular formula is C21H32N2O. The third-order valence-corrected chi connectivity index (χ3v) is 5.82. The number of carbonyl (C=O) groups is 1. The lowest BCUT2D eigenvalue weighted by atomic mass is 9.79. The maximum Gasteiger partial charge on any atom is 0.220 e. The minimum atomic E-state index is 0.0713. The summed E-state index contributed by atoms with van der Waals surface area (Å²) < 4.78 is 0. The van der Waals surface area contributed by atoms with Crippen molar-refractivity contribution in [1.82, 2.24) is 10.6 Å². The molecule has 3 atom stereocenters. The van der Waals surface area contributed by atoms with Gasteiger partial charge in [0.2, 0.25) is 5.91 Å². The fourth-order valence-electron chi connectivity index (χ4n) is 4.76. The van der Waals surface area contributed by atoms with E-state index in [9.17, 15) is 4.79 Å². The smallest absolute Gasteiger partial charge is 0.220 e. The van der Waals surface area contributed by atoms with Crippen molar-refractivity contribution in [2.45, 2.75) is 82.8 Å². The number of hydrogen-bond acceptors (Lipinski definition) is 2.